The number of hydrogen-bond donors (Lipinski definition) is 1. The first kappa shape index (κ1) is 12.1. The Morgan fingerprint density at radius 1 is 1.33 bits per heavy atom. The number of nitrogens with two attached hydrogens (primary N) is 1. The molecule has 0 amide bonds. The van der Waals surface area contributed by atoms with Gasteiger partial charge in [-0.25, -0.2) is 0 Å². The van der Waals surface area contributed by atoms with Crippen molar-refractivity contribution in [2.75, 3.05) is 31.1 Å². The Balaban J connectivity index is 2.11. The molecule has 2 aliphatic heterocycles. The maximum absolute atomic E-state index is 6.07. The van der Waals surface area contributed by atoms with Gasteiger partial charge in [-0.3, -0.25) is 4.90 Å². The van der Waals surface area contributed by atoms with E-state index in [0.717, 1.165) is 11.8 Å². The van der Waals surface area contributed by atoms with Crippen molar-refractivity contribution in [2.45, 2.75) is 36.3 Å². The Hall–Kier alpha value is 0.620. The van der Waals surface area contributed by atoms with Crippen LogP contribution in [0.3, 0.4) is 0 Å². The largest absolute Gasteiger partial charge is 0.329 e. The van der Waals surface area contributed by atoms with Crippen LogP contribution in [0.5, 0.6) is 0 Å². The zero-order valence-corrected chi connectivity index (χ0v) is 11.4. The smallest absolute Gasteiger partial charge is 0.0455 e. The second-order valence-electron chi connectivity index (χ2n) is 4.70. The van der Waals surface area contributed by atoms with Crippen LogP contribution in [0.15, 0.2) is 0 Å². The van der Waals surface area contributed by atoms with E-state index < -0.39 is 0 Å². The van der Waals surface area contributed by atoms with E-state index in [1.54, 1.807) is 0 Å². The molecule has 0 aliphatic carbocycles. The summed E-state index contributed by atoms with van der Waals surface area (Å²) in [5, 5.41) is 1.48. The van der Waals surface area contributed by atoms with Gasteiger partial charge in [0, 0.05) is 41.4 Å². The zero-order valence-electron chi connectivity index (χ0n) is 9.74. The van der Waals surface area contributed by atoms with Crippen molar-refractivity contribution < 1.29 is 0 Å². The lowest BCUT2D eigenvalue weighted by Gasteiger charge is -2.46. The van der Waals surface area contributed by atoms with Gasteiger partial charge >= 0.3 is 0 Å². The molecule has 0 spiro atoms. The van der Waals surface area contributed by atoms with Crippen LogP contribution >= 0.6 is 23.5 Å². The molecule has 2 fully saturated rings. The molecule has 3 unspecified atom stereocenters. The molecule has 2 N–H and O–H groups in total. The quantitative estimate of drug-likeness (QED) is 0.802. The van der Waals surface area contributed by atoms with Crippen molar-refractivity contribution in [3.8, 4) is 0 Å². The second-order valence-corrected chi connectivity index (χ2v) is 7.69. The third-order valence-corrected chi connectivity index (χ3v) is 6.40. The topological polar surface area (TPSA) is 29.3 Å². The first-order chi connectivity index (χ1) is 7.19. The second kappa shape index (κ2) is 4.86. The number of nitrogens with zero attached hydrogens (tertiary/aromatic N) is 1. The van der Waals surface area contributed by atoms with E-state index in [9.17, 15) is 0 Å². The zero-order chi connectivity index (χ0) is 10.9. The van der Waals surface area contributed by atoms with Crippen LogP contribution in [-0.2, 0) is 0 Å². The Morgan fingerprint density at radius 2 is 2.13 bits per heavy atom. The molecule has 2 saturated heterocycles. The standard InChI is InChI=1S/C11H22N2S2/c1-9-7-13(4-6-14-9)11(8-12)3-5-15-10(11)2/h9-10H,3-8,12H2,1-2H3. The van der Waals surface area contributed by atoms with E-state index in [4.69, 9.17) is 5.73 Å². The van der Waals surface area contributed by atoms with Gasteiger partial charge in [-0.2, -0.15) is 23.5 Å². The SMILES string of the molecule is CC1CN(C2(CN)CCSC2C)CCS1. The van der Waals surface area contributed by atoms with Gasteiger partial charge in [0.05, 0.1) is 0 Å². The predicted octanol–water partition coefficient (Wildman–Crippen LogP) is 1.65. The molecule has 2 nitrogen and oxygen atoms in total. The molecule has 15 heavy (non-hydrogen) atoms. The van der Waals surface area contributed by atoms with Gasteiger partial charge in [0.25, 0.3) is 0 Å². The van der Waals surface area contributed by atoms with Crippen molar-refractivity contribution in [1.82, 2.24) is 4.90 Å². The summed E-state index contributed by atoms with van der Waals surface area (Å²) in [4.78, 5) is 2.68. The first-order valence-electron chi connectivity index (χ1n) is 5.87. The number of rotatable bonds is 2. The summed E-state index contributed by atoms with van der Waals surface area (Å²) >= 11 is 4.20. The monoisotopic (exact) mass is 246 g/mol. The predicted molar refractivity (Wildman–Crippen MR) is 71.8 cm³/mol. The van der Waals surface area contributed by atoms with Crippen molar-refractivity contribution >= 4 is 23.5 Å². The maximum Gasteiger partial charge on any atom is 0.0455 e. The summed E-state index contributed by atoms with van der Waals surface area (Å²) in [6, 6.07) is 0. The van der Waals surface area contributed by atoms with Crippen LogP contribution in [0.4, 0.5) is 0 Å². The summed E-state index contributed by atoms with van der Waals surface area (Å²) in [5.41, 5.74) is 6.38. The molecule has 88 valence electrons. The third-order valence-electron chi connectivity index (χ3n) is 3.88. The van der Waals surface area contributed by atoms with Crippen molar-refractivity contribution in [2.24, 2.45) is 5.73 Å². The van der Waals surface area contributed by atoms with Gasteiger partial charge in [0.15, 0.2) is 0 Å². The van der Waals surface area contributed by atoms with Crippen LogP contribution in [-0.4, -0.2) is 52.1 Å². The fraction of sp³-hybridized carbons (Fsp3) is 1.00. The van der Waals surface area contributed by atoms with Crippen molar-refractivity contribution in [1.29, 1.82) is 0 Å². The van der Waals surface area contributed by atoms with Crippen LogP contribution in [0.1, 0.15) is 20.3 Å². The molecule has 3 atom stereocenters. The molecular weight excluding hydrogens is 224 g/mol. The normalized spacial score (nSPS) is 43.4. The Labute approximate surface area is 102 Å². The minimum absolute atomic E-state index is 0.305. The summed E-state index contributed by atoms with van der Waals surface area (Å²) in [7, 11) is 0. The molecule has 0 radical (unpaired) electrons. The van der Waals surface area contributed by atoms with E-state index in [-0.39, 0.29) is 0 Å². The molecule has 2 aliphatic rings. The fourth-order valence-corrected chi connectivity index (χ4v) is 5.32. The highest BCUT2D eigenvalue weighted by molar-refractivity contribution is 8.00. The third kappa shape index (κ3) is 2.19. The van der Waals surface area contributed by atoms with Crippen LogP contribution in [0.2, 0.25) is 0 Å². The Morgan fingerprint density at radius 3 is 2.67 bits per heavy atom. The minimum atomic E-state index is 0.305. The lowest BCUT2D eigenvalue weighted by Crippen LogP contribution is -2.60. The van der Waals surface area contributed by atoms with Crippen molar-refractivity contribution in [3.63, 3.8) is 0 Å². The summed E-state index contributed by atoms with van der Waals surface area (Å²) in [6.45, 7) is 7.99. The molecule has 0 aromatic carbocycles. The molecule has 2 rings (SSSR count). The highest BCUT2D eigenvalue weighted by Gasteiger charge is 2.45. The summed E-state index contributed by atoms with van der Waals surface area (Å²) < 4.78 is 0. The Bertz CT molecular complexity index is 225. The highest BCUT2D eigenvalue weighted by Crippen LogP contribution is 2.41. The van der Waals surface area contributed by atoms with Gasteiger partial charge < -0.3 is 5.73 Å². The molecular formula is C11H22N2S2. The van der Waals surface area contributed by atoms with Gasteiger partial charge in [-0.15, -0.1) is 0 Å². The average molecular weight is 246 g/mol. The lowest BCUT2D eigenvalue weighted by molar-refractivity contribution is 0.103. The highest BCUT2D eigenvalue weighted by atomic mass is 32.2. The minimum Gasteiger partial charge on any atom is -0.329 e. The van der Waals surface area contributed by atoms with Gasteiger partial charge in [0.1, 0.15) is 0 Å². The number of thioether (sulfide) groups is 2. The van der Waals surface area contributed by atoms with Gasteiger partial charge in [0.2, 0.25) is 0 Å². The van der Waals surface area contributed by atoms with Crippen LogP contribution < -0.4 is 5.73 Å². The van der Waals surface area contributed by atoms with Gasteiger partial charge in [-0.05, 0) is 12.2 Å². The van der Waals surface area contributed by atoms with E-state index in [1.165, 1.54) is 31.0 Å². The molecule has 0 saturated carbocycles. The van der Waals surface area contributed by atoms with E-state index >= 15 is 0 Å². The fourth-order valence-electron chi connectivity index (χ4n) is 2.81. The molecule has 0 aromatic heterocycles. The summed E-state index contributed by atoms with van der Waals surface area (Å²) in [6.07, 6.45) is 1.28. The van der Waals surface area contributed by atoms with E-state index in [0.29, 0.717) is 10.8 Å². The average Bonchev–Trinajstić information content (AvgIpc) is 2.61. The summed E-state index contributed by atoms with van der Waals surface area (Å²) in [5.74, 6) is 2.57. The first-order valence-corrected chi connectivity index (χ1v) is 7.97. The van der Waals surface area contributed by atoms with Crippen LogP contribution in [0.25, 0.3) is 0 Å². The Kier molecular flexibility index (Phi) is 3.92. The van der Waals surface area contributed by atoms with E-state index in [1.807, 2.05) is 0 Å². The van der Waals surface area contributed by atoms with Crippen molar-refractivity contribution in [3.05, 3.63) is 0 Å². The van der Waals surface area contributed by atoms with E-state index in [2.05, 4.69) is 42.3 Å². The maximum atomic E-state index is 6.07. The molecule has 2 heterocycles. The molecule has 0 bridgehead atoms. The number of hydrogen-bond acceptors (Lipinski definition) is 4. The van der Waals surface area contributed by atoms with Crippen LogP contribution in [0, 0.1) is 0 Å². The molecule has 0 aromatic rings. The lowest BCUT2D eigenvalue weighted by atomic mass is 9.90. The van der Waals surface area contributed by atoms with Gasteiger partial charge in [-0.1, -0.05) is 13.8 Å². The molecule has 4 heteroatoms.